The third-order valence-electron chi connectivity index (χ3n) is 5.12. The zero-order valence-electron chi connectivity index (χ0n) is 17.0. The van der Waals surface area contributed by atoms with Gasteiger partial charge in [-0.2, -0.15) is 0 Å². The molecule has 0 spiro atoms. The van der Waals surface area contributed by atoms with Crippen molar-refractivity contribution in [3.8, 4) is 5.75 Å². The van der Waals surface area contributed by atoms with Crippen molar-refractivity contribution >= 4 is 23.3 Å². The molecule has 0 unspecified atom stereocenters. The second-order valence-electron chi connectivity index (χ2n) is 7.29. The van der Waals surface area contributed by atoms with Crippen LogP contribution >= 0.6 is 0 Å². The van der Waals surface area contributed by atoms with Gasteiger partial charge in [0.15, 0.2) is 12.4 Å². The van der Waals surface area contributed by atoms with Crippen molar-refractivity contribution < 1.29 is 24.0 Å². The molecule has 1 aliphatic rings. The van der Waals surface area contributed by atoms with Gasteiger partial charge in [0.05, 0.1) is 18.5 Å². The van der Waals surface area contributed by atoms with Gasteiger partial charge in [-0.1, -0.05) is 18.2 Å². The van der Waals surface area contributed by atoms with E-state index in [1.165, 1.54) is 36.8 Å². The number of nitrogens with zero attached hydrogens (tertiary/aromatic N) is 1. The number of aryl methyl sites for hydroxylation is 3. The highest BCUT2D eigenvalue weighted by Crippen LogP contribution is 2.32. The number of fused-ring (bicyclic) bond motifs is 1. The minimum Gasteiger partial charge on any atom is -0.490 e. The number of hydrogen-bond donors (Lipinski definition) is 1. The van der Waals surface area contributed by atoms with Crippen molar-refractivity contribution in [2.75, 3.05) is 19.0 Å². The van der Waals surface area contributed by atoms with E-state index in [0.29, 0.717) is 11.3 Å². The number of anilines is 1. The average molecular weight is 412 g/mol. The third-order valence-corrected chi connectivity index (χ3v) is 5.12. The molecule has 158 valence electrons. The number of nitro groups is 1. The Bertz CT molecular complexity index is 986. The first-order chi connectivity index (χ1) is 14.4. The first-order valence-corrected chi connectivity index (χ1v) is 9.76. The van der Waals surface area contributed by atoms with E-state index in [9.17, 15) is 19.7 Å². The van der Waals surface area contributed by atoms with Crippen molar-refractivity contribution in [3.63, 3.8) is 0 Å². The monoisotopic (exact) mass is 412 g/mol. The lowest BCUT2D eigenvalue weighted by atomic mass is 9.90. The molecule has 30 heavy (non-hydrogen) atoms. The molecule has 0 saturated heterocycles. The Hall–Kier alpha value is -3.42. The minimum absolute atomic E-state index is 0.0327. The maximum absolute atomic E-state index is 12.2. The smallest absolute Gasteiger partial charge is 0.311 e. The molecule has 0 saturated carbocycles. The van der Waals surface area contributed by atoms with Crippen LogP contribution in [0.15, 0.2) is 30.3 Å². The fraction of sp³-hybridized carbons (Fsp3) is 0.364. The highest BCUT2D eigenvalue weighted by molar-refractivity contribution is 5.94. The molecule has 8 heteroatoms. The lowest BCUT2D eigenvalue weighted by Crippen LogP contribution is -2.22. The van der Waals surface area contributed by atoms with Crippen molar-refractivity contribution in [2.45, 2.75) is 39.0 Å². The highest BCUT2D eigenvalue weighted by Gasteiger charge is 2.19. The maximum Gasteiger partial charge on any atom is 0.311 e. The molecule has 0 radical (unpaired) electrons. The van der Waals surface area contributed by atoms with Gasteiger partial charge in [0.25, 0.3) is 5.91 Å². The van der Waals surface area contributed by atoms with Gasteiger partial charge in [-0.15, -0.1) is 0 Å². The highest BCUT2D eigenvalue weighted by atomic mass is 16.6. The fourth-order valence-corrected chi connectivity index (χ4v) is 3.56. The second kappa shape index (κ2) is 9.39. The van der Waals surface area contributed by atoms with Gasteiger partial charge < -0.3 is 14.8 Å². The molecule has 0 fully saturated rings. The molecule has 2 aromatic rings. The van der Waals surface area contributed by atoms with E-state index in [1.54, 1.807) is 6.92 Å². The zero-order chi connectivity index (χ0) is 21.7. The van der Waals surface area contributed by atoms with E-state index >= 15 is 0 Å². The summed E-state index contributed by atoms with van der Waals surface area (Å²) in [5.41, 5.74) is 4.16. The van der Waals surface area contributed by atoms with E-state index in [2.05, 4.69) is 11.4 Å². The Kier molecular flexibility index (Phi) is 6.66. The standard InChI is InChI=1S/C22H24N2O6/c1-14-9-19(24(27)28)20(29-2)12-18(14)23-21(25)13-30-22(26)11-15-7-8-16-5-3-4-6-17(16)10-15/h7-10,12H,3-6,11,13H2,1-2H3,(H,23,25). The lowest BCUT2D eigenvalue weighted by Gasteiger charge is -2.16. The molecule has 0 aromatic heterocycles. The number of nitrogens with one attached hydrogen (secondary N) is 1. The molecule has 0 atom stereocenters. The van der Waals surface area contributed by atoms with Crippen LogP contribution in [-0.4, -0.2) is 30.5 Å². The van der Waals surface area contributed by atoms with Gasteiger partial charge in [-0.25, -0.2) is 0 Å². The van der Waals surface area contributed by atoms with Crippen LogP contribution < -0.4 is 10.1 Å². The van der Waals surface area contributed by atoms with Crippen LogP contribution in [0.1, 0.15) is 35.1 Å². The number of benzene rings is 2. The Morgan fingerprint density at radius 3 is 2.57 bits per heavy atom. The number of carbonyl (C=O) groups excluding carboxylic acids is 2. The van der Waals surface area contributed by atoms with E-state index in [0.717, 1.165) is 24.8 Å². The maximum atomic E-state index is 12.2. The second-order valence-corrected chi connectivity index (χ2v) is 7.29. The summed E-state index contributed by atoms with van der Waals surface area (Å²) in [4.78, 5) is 34.8. The lowest BCUT2D eigenvalue weighted by molar-refractivity contribution is -0.385. The molecule has 1 aliphatic carbocycles. The van der Waals surface area contributed by atoms with E-state index in [-0.39, 0.29) is 17.9 Å². The van der Waals surface area contributed by atoms with E-state index in [1.807, 2.05) is 12.1 Å². The number of rotatable bonds is 7. The minimum atomic E-state index is -0.556. The van der Waals surface area contributed by atoms with Gasteiger partial charge in [0, 0.05) is 17.8 Å². The van der Waals surface area contributed by atoms with Crippen LogP contribution in [0.3, 0.4) is 0 Å². The number of nitro benzene ring substituents is 1. The number of amides is 1. The molecule has 1 amide bonds. The van der Waals surface area contributed by atoms with Crippen molar-refractivity contribution in [3.05, 3.63) is 62.7 Å². The zero-order valence-corrected chi connectivity index (χ0v) is 17.0. The summed E-state index contributed by atoms with van der Waals surface area (Å²) in [6.07, 6.45) is 4.56. The summed E-state index contributed by atoms with van der Waals surface area (Å²) in [6.45, 7) is 1.19. The summed E-state index contributed by atoms with van der Waals surface area (Å²) >= 11 is 0. The summed E-state index contributed by atoms with van der Waals surface area (Å²) < 4.78 is 10.1. The summed E-state index contributed by atoms with van der Waals surface area (Å²) in [5.74, 6) is -0.989. The van der Waals surface area contributed by atoms with Crippen molar-refractivity contribution in [1.29, 1.82) is 0 Å². The van der Waals surface area contributed by atoms with Crippen LogP contribution in [-0.2, 0) is 33.6 Å². The van der Waals surface area contributed by atoms with E-state index < -0.39 is 23.4 Å². The van der Waals surface area contributed by atoms with Gasteiger partial charge in [-0.05, 0) is 54.9 Å². The summed E-state index contributed by atoms with van der Waals surface area (Å²) in [7, 11) is 1.31. The molecule has 0 heterocycles. The molecule has 2 aromatic carbocycles. The van der Waals surface area contributed by atoms with Gasteiger partial charge in [0.2, 0.25) is 0 Å². The Morgan fingerprint density at radius 1 is 1.13 bits per heavy atom. The van der Waals surface area contributed by atoms with Gasteiger partial charge >= 0.3 is 11.7 Å². The third kappa shape index (κ3) is 5.14. The van der Waals surface area contributed by atoms with Crippen LogP contribution in [0.4, 0.5) is 11.4 Å². The number of esters is 1. The molecule has 0 bridgehead atoms. The number of carbonyl (C=O) groups is 2. The molecule has 0 aliphatic heterocycles. The van der Waals surface area contributed by atoms with E-state index in [4.69, 9.17) is 9.47 Å². The topological polar surface area (TPSA) is 108 Å². The van der Waals surface area contributed by atoms with Gasteiger partial charge in [-0.3, -0.25) is 19.7 Å². The molecule has 1 N–H and O–H groups in total. The van der Waals surface area contributed by atoms with Crippen LogP contribution in [0, 0.1) is 17.0 Å². The predicted molar refractivity (Wildman–Crippen MR) is 111 cm³/mol. The number of hydrogen-bond acceptors (Lipinski definition) is 6. The summed E-state index contributed by atoms with van der Waals surface area (Å²) in [5, 5.41) is 13.6. The molecule has 3 rings (SSSR count). The Morgan fingerprint density at radius 2 is 1.87 bits per heavy atom. The predicted octanol–water partition coefficient (Wildman–Crippen LogP) is 3.52. The van der Waals surface area contributed by atoms with Crippen molar-refractivity contribution in [1.82, 2.24) is 0 Å². The number of ether oxygens (including phenoxy) is 2. The average Bonchev–Trinajstić information content (AvgIpc) is 2.73. The van der Waals surface area contributed by atoms with Gasteiger partial charge in [0.1, 0.15) is 0 Å². The first-order valence-electron chi connectivity index (χ1n) is 9.76. The van der Waals surface area contributed by atoms with Crippen LogP contribution in [0.5, 0.6) is 5.75 Å². The Balaban J connectivity index is 1.55. The molecule has 8 nitrogen and oxygen atoms in total. The fourth-order valence-electron chi connectivity index (χ4n) is 3.56. The number of methoxy groups -OCH3 is 1. The quantitative estimate of drug-likeness (QED) is 0.424. The van der Waals surface area contributed by atoms with Crippen molar-refractivity contribution in [2.24, 2.45) is 0 Å². The Labute approximate surface area is 174 Å². The first kappa shape index (κ1) is 21.3. The molecular weight excluding hydrogens is 388 g/mol. The largest absolute Gasteiger partial charge is 0.490 e. The van der Waals surface area contributed by atoms with Crippen LogP contribution in [0.2, 0.25) is 0 Å². The SMILES string of the molecule is COc1cc(NC(=O)COC(=O)Cc2ccc3c(c2)CCCC3)c(C)cc1[N+](=O)[O-]. The molecular formula is C22H24N2O6. The summed E-state index contributed by atoms with van der Waals surface area (Å²) in [6, 6.07) is 8.73. The normalized spacial score (nSPS) is 12.6. The van der Waals surface area contributed by atoms with Crippen LogP contribution in [0.25, 0.3) is 0 Å².